The van der Waals surface area contributed by atoms with Crippen molar-refractivity contribution in [3.05, 3.63) is 59.4 Å². The van der Waals surface area contributed by atoms with Gasteiger partial charge in [-0.2, -0.15) is 0 Å². The van der Waals surface area contributed by atoms with Crippen LogP contribution in [0.15, 0.2) is 42.5 Å². The van der Waals surface area contributed by atoms with E-state index in [-0.39, 0.29) is 11.3 Å². The van der Waals surface area contributed by atoms with E-state index < -0.39 is 24.3 Å². The quantitative estimate of drug-likeness (QED) is 0.861. The fourth-order valence-corrected chi connectivity index (χ4v) is 1.84. The molecule has 0 saturated carbocycles. The molecule has 1 N–H and O–H groups in total. The van der Waals surface area contributed by atoms with Gasteiger partial charge >= 0.3 is 5.97 Å². The van der Waals surface area contributed by atoms with Crippen LogP contribution in [0.5, 0.6) is 5.75 Å². The molecule has 2 rings (SSSR count). The van der Waals surface area contributed by atoms with Crippen LogP contribution < -0.4 is 10.1 Å². The highest BCUT2D eigenvalue weighted by atomic mass is 19.1. The SMILES string of the molecule is COc1ccc(C(=O)OCC(=O)Nc2ccc(C)cc2)cc1F. The molecular weight excluding hydrogens is 301 g/mol. The Labute approximate surface area is 133 Å². The summed E-state index contributed by atoms with van der Waals surface area (Å²) in [5.74, 6) is -1.91. The minimum absolute atomic E-state index is 0.00596. The fraction of sp³-hybridized carbons (Fsp3) is 0.176. The number of halogens is 1. The first kappa shape index (κ1) is 16.5. The third-order valence-corrected chi connectivity index (χ3v) is 3.06. The highest BCUT2D eigenvalue weighted by molar-refractivity contribution is 5.95. The second-order valence-corrected chi connectivity index (χ2v) is 4.84. The summed E-state index contributed by atoms with van der Waals surface area (Å²) >= 11 is 0. The van der Waals surface area contributed by atoms with E-state index in [0.29, 0.717) is 5.69 Å². The average molecular weight is 317 g/mol. The molecule has 0 spiro atoms. The molecule has 5 nitrogen and oxygen atoms in total. The van der Waals surface area contributed by atoms with Crippen LogP contribution in [-0.4, -0.2) is 25.6 Å². The van der Waals surface area contributed by atoms with Gasteiger partial charge < -0.3 is 14.8 Å². The Morgan fingerprint density at radius 2 is 1.83 bits per heavy atom. The van der Waals surface area contributed by atoms with Crippen LogP contribution in [0.2, 0.25) is 0 Å². The van der Waals surface area contributed by atoms with Gasteiger partial charge in [-0.15, -0.1) is 0 Å². The number of rotatable bonds is 5. The molecule has 0 saturated heterocycles. The van der Waals surface area contributed by atoms with Gasteiger partial charge in [0.05, 0.1) is 12.7 Å². The topological polar surface area (TPSA) is 64.6 Å². The molecule has 23 heavy (non-hydrogen) atoms. The van der Waals surface area contributed by atoms with E-state index in [4.69, 9.17) is 9.47 Å². The van der Waals surface area contributed by atoms with E-state index in [9.17, 15) is 14.0 Å². The van der Waals surface area contributed by atoms with Crippen LogP contribution in [-0.2, 0) is 9.53 Å². The molecule has 0 radical (unpaired) electrons. The van der Waals surface area contributed by atoms with Gasteiger partial charge in [0, 0.05) is 5.69 Å². The van der Waals surface area contributed by atoms with Gasteiger partial charge in [0.15, 0.2) is 18.2 Å². The molecular formula is C17H16FNO4. The van der Waals surface area contributed by atoms with Gasteiger partial charge in [-0.1, -0.05) is 17.7 Å². The predicted octanol–water partition coefficient (Wildman–Crippen LogP) is 2.94. The molecule has 0 aliphatic carbocycles. The number of anilines is 1. The van der Waals surface area contributed by atoms with E-state index in [1.165, 1.54) is 19.2 Å². The smallest absolute Gasteiger partial charge is 0.338 e. The summed E-state index contributed by atoms with van der Waals surface area (Å²) in [5, 5.41) is 2.60. The van der Waals surface area contributed by atoms with Crippen molar-refractivity contribution in [3.63, 3.8) is 0 Å². The first-order valence-corrected chi connectivity index (χ1v) is 6.87. The van der Waals surface area contributed by atoms with Crippen molar-refractivity contribution in [3.8, 4) is 5.75 Å². The van der Waals surface area contributed by atoms with Crippen molar-refractivity contribution < 1.29 is 23.5 Å². The minimum atomic E-state index is -0.786. The summed E-state index contributed by atoms with van der Waals surface area (Å²) in [6.45, 7) is 1.47. The van der Waals surface area contributed by atoms with Crippen LogP contribution in [0, 0.1) is 12.7 Å². The number of methoxy groups -OCH3 is 1. The van der Waals surface area contributed by atoms with Crippen LogP contribution in [0.3, 0.4) is 0 Å². The third-order valence-electron chi connectivity index (χ3n) is 3.06. The zero-order chi connectivity index (χ0) is 16.8. The number of hydrogen-bond donors (Lipinski definition) is 1. The highest BCUT2D eigenvalue weighted by Crippen LogP contribution is 2.18. The van der Waals surface area contributed by atoms with Crippen molar-refractivity contribution in [2.75, 3.05) is 19.0 Å². The van der Waals surface area contributed by atoms with Crippen molar-refractivity contribution >= 4 is 17.6 Å². The van der Waals surface area contributed by atoms with Gasteiger partial charge in [0.25, 0.3) is 5.91 Å². The fourth-order valence-electron chi connectivity index (χ4n) is 1.84. The van der Waals surface area contributed by atoms with E-state index >= 15 is 0 Å². The molecule has 0 atom stereocenters. The second-order valence-electron chi connectivity index (χ2n) is 4.84. The van der Waals surface area contributed by atoms with Crippen molar-refractivity contribution in [2.24, 2.45) is 0 Å². The first-order chi connectivity index (χ1) is 11.0. The normalized spacial score (nSPS) is 10.0. The summed E-state index contributed by atoms with van der Waals surface area (Å²) in [7, 11) is 1.33. The molecule has 0 fully saturated rings. The summed E-state index contributed by atoms with van der Waals surface area (Å²) in [6, 6.07) is 10.9. The zero-order valence-electron chi connectivity index (χ0n) is 12.8. The Bertz CT molecular complexity index is 713. The van der Waals surface area contributed by atoms with Gasteiger partial charge in [-0.3, -0.25) is 4.79 Å². The van der Waals surface area contributed by atoms with Crippen LogP contribution in [0.25, 0.3) is 0 Å². The Hall–Kier alpha value is -2.89. The van der Waals surface area contributed by atoms with Crippen LogP contribution in [0.4, 0.5) is 10.1 Å². The Balaban J connectivity index is 1.89. The summed E-state index contributed by atoms with van der Waals surface area (Å²) in [6.07, 6.45) is 0. The lowest BCUT2D eigenvalue weighted by Crippen LogP contribution is -2.21. The van der Waals surface area contributed by atoms with Crippen molar-refractivity contribution in [1.82, 2.24) is 0 Å². The van der Waals surface area contributed by atoms with Gasteiger partial charge in [-0.05, 0) is 37.3 Å². The van der Waals surface area contributed by atoms with E-state index in [2.05, 4.69) is 5.32 Å². The van der Waals surface area contributed by atoms with E-state index in [1.54, 1.807) is 12.1 Å². The maximum Gasteiger partial charge on any atom is 0.338 e. The maximum absolute atomic E-state index is 13.5. The molecule has 2 aromatic rings. The molecule has 120 valence electrons. The molecule has 0 aliphatic rings. The number of ether oxygens (including phenoxy) is 2. The lowest BCUT2D eigenvalue weighted by Gasteiger charge is -2.08. The number of aryl methyl sites for hydroxylation is 1. The standard InChI is InChI=1S/C17H16FNO4/c1-11-3-6-13(7-4-11)19-16(20)10-23-17(21)12-5-8-15(22-2)14(18)9-12/h3-9H,10H2,1-2H3,(H,19,20). The van der Waals surface area contributed by atoms with Crippen molar-refractivity contribution in [1.29, 1.82) is 0 Å². The molecule has 0 bridgehead atoms. The lowest BCUT2D eigenvalue weighted by molar-refractivity contribution is -0.119. The monoisotopic (exact) mass is 317 g/mol. The molecule has 2 aromatic carbocycles. The van der Waals surface area contributed by atoms with E-state index in [0.717, 1.165) is 11.6 Å². The second kappa shape index (κ2) is 7.40. The zero-order valence-corrected chi connectivity index (χ0v) is 12.8. The largest absolute Gasteiger partial charge is 0.494 e. The summed E-state index contributed by atoms with van der Waals surface area (Å²) in [5.41, 5.74) is 1.68. The highest BCUT2D eigenvalue weighted by Gasteiger charge is 2.13. The predicted molar refractivity (Wildman–Crippen MR) is 83.0 cm³/mol. The number of carbonyl (C=O) groups is 2. The lowest BCUT2D eigenvalue weighted by atomic mass is 10.2. The van der Waals surface area contributed by atoms with Gasteiger partial charge in [0.1, 0.15) is 0 Å². The third kappa shape index (κ3) is 4.54. The number of benzene rings is 2. The minimum Gasteiger partial charge on any atom is -0.494 e. The molecule has 0 unspecified atom stereocenters. The molecule has 0 aliphatic heterocycles. The Morgan fingerprint density at radius 1 is 1.13 bits per heavy atom. The van der Waals surface area contributed by atoms with E-state index in [1.807, 2.05) is 19.1 Å². The van der Waals surface area contributed by atoms with Crippen LogP contribution in [0.1, 0.15) is 15.9 Å². The van der Waals surface area contributed by atoms with Gasteiger partial charge in [0.2, 0.25) is 0 Å². The number of esters is 1. The first-order valence-electron chi connectivity index (χ1n) is 6.87. The maximum atomic E-state index is 13.5. The molecule has 0 aromatic heterocycles. The van der Waals surface area contributed by atoms with Crippen molar-refractivity contribution in [2.45, 2.75) is 6.92 Å². The summed E-state index contributed by atoms with van der Waals surface area (Å²) in [4.78, 5) is 23.5. The Morgan fingerprint density at radius 3 is 2.43 bits per heavy atom. The summed E-state index contributed by atoms with van der Waals surface area (Å²) < 4.78 is 23.1. The number of nitrogens with one attached hydrogen (secondary N) is 1. The van der Waals surface area contributed by atoms with Gasteiger partial charge in [-0.25, -0.2) is 9.18 Å². The molecule has 0 heterocycles. The number of amides is 1. The number of hydrogen-bond acceptors (Lipinski definition) is 4. The molecule has 1 amide bonds. The Kier molecular flexibility index (Phi) is 5.30. The average Bonchev–Trinajstić information content (AvgIpc) is 2.54. The van der Waals surface area contributed by atoms with Crippen LogP contribution >= 0.6 is 0 Å². The molecule has 6 heteroatoms. The number of carbonyl (C=O) groups excluding carboxylic acids is 2.